The number of rotatable bonds is 7. The Labute approximate surface area is 244 Å². The molecular weight excluding hydrogens is 536 g/mol. The lowest BCUT2D eigenvalue weighted by Crippen LogP contribution is -2.42. The van der Waals surface area contributed by atoms with E-state index in [-0.39, 0.29) is 18.7 Å². The standard InChI is InChI=1S/C30H36N8O4/c1-19-8-7-11-32-26(19)25(40-6)18-41-24-14-21(17-37-28(24)22(15-31)16-33-37)27-20(2)38(35-34-27)23-9-12-36(13-10-23)29(39)42-30(3,4)5/h7-8,11,14,16-17,23,25H,9-10,12-13,18H2,1-6H3. The highest BCUT2D eigenvalue weighted by molar-refractivity contribution is 5.74. The van der Waals surface area contributed by atoms with Gasteiger partial charge in [0.25, 0.3) is 0 Å². The zero-order valence-corrected chi connectivity index (χ0v) is 24.9. The Morgan fingerprint density at radius 1 is 1.24 bits per heavy atom. The number of amides is 1. The first kappa shape index (κ1) is 29.0. The van der Waals surface area contributed by atoms with Gasteiger partial charge in [-0.1, -0.05) is 11.3 Å². The number of hydrogen-bond acceptors (Lipinski definition) is 9. The van der Waals surface area contributed by atoms with Gasteiger partial charge >= 0.3 is 6.09 Å². The van der Waals surface area contributed by atoms with E-state index in [4.69, 9.17) is 14.2 Å². The SMILES string of the molecule is COC(COc1cc(-c2nnn(C3CCN(C(=O)OC(C)(C)C)CC3)c2C)cn2ncc(C#N)c12)c1ncccc1C. The van der Waals surface area contributed by atoms with Gasteiger partial charge in [-0.25, -0.2) is 14.0 Å². The molecule has 220 valence electrons. The van der Waals surface area contributed by atoms with E-state index in [1.54, 1.807) is 22.7 Å². The largest absolute Gasteiger partial charge is 0.488 e. The van der Waals surface area contributed by atoms with E-state index in [1.165, 1.54) is 6.20 Å². The van der Waals surface area contributed by atoms with Crippen molar-refractivity contribution in [1.29, 1.82) is 5.26 Å². The fraction of sp³-hybridized carbons (Fsp3) is 0.467. The maximum atomic E-state index is 12.5. The molecule has 1 aliphatic heterocycles. The van der Waals surface area contributed by atoms with Gasteiger partial charge in [0, 0.05) is 38.2 Å². The van der Waals surface area contributed by atoms with E-state index in [0.717, 1.165) is 35.4 Å². The van der Waals surface area contributed by atoms with Gasteiger partial charge in [0.15, 0.2) is 0 Å². The van der Waals surface area contributed by atoms with Crippen molar-refractivity contribution in [3.8, 4) is 23.1 Å². The highest BCUT2D eigenvalue weighted by atomic mass is 16.6. The molecule has 4 aromatic heterocycles. The van der Waals surface area contributed by atoms with Crippen molar-refractivity contribution in [2.24, 2.45) is 0 Å². The van der Waals surface area contributed by atoms with Crippen molar-refractivity contribution in [3.63, 3.8) is 0 Å². The van der Waals surface area contributed by atoms with Gasteiger partial charge in [-0.15, -0.1) is 5.10 Å². The van der Waals surface area contributed by atoms with Crippen LogP contribution in [0.5, 0.6) is 5.75 Å². The van der Waals surface area contributed by atoms with Crippen LogP contribution in [-0.2, 0) is 9.47 Å². The average molecular weight is 573 g/mol. The van der Waals surface area contributed by atoms with Crippen molar-refractivity contribution < 1.29 is 19.0 Å². The summed E-state index contributed by atoms with van der Waals surface area (Å²) >= 11 is 0. The molecule has 1 saturated heterocycles. The second-order valence-corrected chi connectivity index (χ2v) is 11.5. The van der Waals surface area contributed by atoms with Crippen LogP contribution in [0.1, 0.15) is 68.3 Å². The second-order valence-electron chi connectivity index (χ2n) is 11.5. The first-order chi connectivity index (χ1) is 20.1. The molecule has 0 aromatic carbocycles. The molecule has 1 unspecified atom stereocenters. The molecule has 42 heavy (non-hydrogen) atoms. The van der Waals surface area contributed by atoms with Crippen LogP contribution in [-0.4, -0.2) is 73.0 Å². The van der Waals surface area contributed by atoms with E-state index < -0.39 is 11.7 Å². The number of methoxy groups -OCH3 is 1. The van der Waals surface area contributed by atoms with Crippen LogP contribution in [0.15, 0.2) is 36.8 Å². The van der Waals surface area contributed by atoms with Gasteiger partial charge in [0.2, 0.25) is 0 Å². The number of hydrogen-bond donors (Lipinski definition) is 0. The highest BCUT2D eigenvalue weighted by Gasteiger charge is 2.29. The number of nitrogens with zero attached hydrogens (tertiary/aromatic N) is 8. The highest BCUT2D eigenvalue weighted by Crippen LogP contribution is 2.33. The third-order valence-electron chi connectivity index (χ3n) is 7.39. The smallest absolute Gasteiger partial charge is 0.410 e. The lowest BCUT2D eigenvalue weighted by Gasteiger charge is -2.33. The second kappa shape index (κ2) is 11.8. The number of fused-ring (bicyclic) bond motifs is 1. The molecule has 0 N–H and O–H groups in total. The summed E-state index contributed by atoms with van der Waals surface area (Å²) < 4.78 is 21.1. The van der Waals surface area contributed by atoms with Crippen LogP contribution < -0.4 is 4.74 Å². The van der Waals surface area contributed by atoms with Gasteiger partial charge in [-0.2, -0.15) is 10.4 Å². The van der Waals surface area contributed by atoms with Crippen LogP contribution in [0, 0.1) is 25.2 Å². The van der Waals surface area contributed by atoms with Crippen molar-refractivity contribution in [2.75, 3.05) is 26.8 Å². The topological polar surface area (TPSA) is 133 Å². The molecule has 0 aliphatic carbocycles. The third kappa shape index (κ3) is 5.92. The van der Waals surface area contributed by atoms with Crippen LogP contribution in [0.4, 0.5) is 4.79 Å². The molecule has 1 amide bonds. The molecule has 0 spiro atoms. The predicted molar refractivity (Wildman–Crippen MR) is 154 cm³/mol. The fourth-order valence-electron chi connectivity index (χ4n) is 5.24. The molecular formula is C30H36N8O4. The number of aryl methyl sites for hydroxylation is 1. The lowest BCUT2D eigenvalue weighted by molar-refractivity contribution is 0.0183. The zero-order valence-electron chi connectivity index (χ0n) is 24.9. The number of piperidine rings is 1. The predicted octanol–water partition coefficient (Wildman–Crippen LogP) is 4.81. The van der Waals surface area contributed by atoms with Crippen molar-refractivity contribution >= 4 is 11.6 Å². The molecule has 0 radical (unpaired) electrons. The number of ether oxygens (including phenoxy) is 3. The van der Waals surface area contributed by atoms with E-state index in [2.05, 4.69) is 26.5 Å². The van der Waals surface area contributed by atoms with Crippen molar-refractivity contribution in [1.82, 2.24) is 34.5 Å². The molecule has 1 aliphatic rings. The monoisotopic (exact) mass is 572 g/mol. The summed E-state index contributed by atoms with van der Waals surface area (Å²) in [6.07, 6.45) is 5.86. The summed E-state index contributed by atoms with van der Waals surface area (Å²) in [4.78, 5) is 18.7. The Kier molecular flexibility index (Phi) is 8.13. The number of aromatic nitrogens is 6. The molecule has 1 fully saturated rings. The minimum atomic E-state index is -0.528. The van der Waals surface area contributed by atoms with Crippen LogP contribution in [0.25, 0.3) is 16.8 Å². The maximum Gasteiger partial charge on any atom is 0.410 e. The number of carbonyl (C=O) groups is 1. The number of carbonyl (C=O) groups excluding carboxylic acids is 1. The molecule has 5 heterocycles. The Hall–Kier alpha value is -4.50. The minimum Gasteiger partial charge on any atom is -0.488 e. The minimum absolute atomic E-state index is 0.100. The van der Waals surface area contributed by atoms with Crippen LogP contribution in [0.3, 0.4) is 0 Å². The fourth-order valence-corrected chi connectivity index (χ4v) is 5.24. The van der Waals surface area contributed by atoms with Crippen molar-refractivity contribution in [3.05, 3.63) is 59.3 Å². The summed E-state index contributed by atoms with van der Waals surface area (Å²) in [7, 11) is 1.62. The molecule has 12 heteroatoms. The first-order valence-corrected chi connectivity index (χ1v) is 14.0. The van der Waals surface area contributed by atoms with E-state index in [0.29, 0.717) is 35.6 Å². The number of pyridine rings is 2. The number of nitriles is 1. The van der Waals surface area contributed by atoms with E-state index in [9.17, 15) is 10.1 Å². The quantitative estimate of drug-likeness (QED) is 0.306. The summed E-state index contributed by atoms with van der Waals surface area (Å²) in [6.45, 7) is 10.9. The Bertz CT molecular complexity index is 1620. The molecule has 0 bridgehead atoms. The van der Waals surface area contributed by atoms with Gasteiger partial charge in [0.1, 0.15) is 46.9 Å². The molecule has 0 saturated carbocycles. The van der Waals surface area contributed by atoms with Crippen molar-refractivity contribution in [2.45, 2.75) is 65.2 Å². The Balaban J connectivity index is 1.39. The average Bonchev–Trinajstić information content (AvgIpc) is 3.56. The molecule has 12 nitrogen and oxygen atoms in total. The summed E-state index contributed by atoms with van der Waals surface area (Å²) in [5.41, 5.74) is 4.56. The van der Waals surface area contributed by atoms with E-state index >= 15 is 0 Å². The van der Waals surface area contributed by atoms with Gasteiger partial charge in [0.05, 0.1) is 23.6 Å². The Morgan fingerprint density at radius 3 is 2.67 bits per heavy atom. The zero-order chi connectivity index (χ0) is 30.0. The molecule has 5 rings (SSSR count). The summed E-state index contributed by atoms with van der Waals surface area (Å²) in [5.74, 6) is 0.483. The molecule has 4 aromatic rings. The van der Waals surface area contributed by atoms with Gasteiger partial charge in [-0.05, 0) is 65.2 Å². The summed E-state index contributed by atoms with van der Waals surface area (Å²) in [5, 5.41) is 23.1. The maximum absolute atomic E-state index is 12.5. The van der Waals surface area contributed by atoms with Crippen LogP contribution >= 0.6 is 0 Å². The normalized spacial score (nSPS) is 15.0. The third-order valence-corrected chi connectivity index (χ3v) is 7.39. The van der Waals surface area contributed by atoms with Gasteiger partial charge in [-0.3, -0.25) is 4.98 Å². The summed E-state index contributed by atoms with van der Waals surface area (Å²) in [6, 6.07) is 8.02. The molecule has 1 atom stereocenters. The first-order valence-electron chi connectivity index (χ1n) is 14.0. The number of likely N-dealkylation sites (tertiary alicyclic amines) is 1. The van der Waals surface area contributed by atoms with Gasteiger partial charge < -0.3 is 19.1 Å². The van der Waals surface area contributed by atoms with E-state index in [1.807, 2.05) is 63.7 Å². The lowest BCUT2D eigenvalue weighted by atomic mass is 10.0. The Morgan fingerprint density at radius 2 is 2.00 bits per heavy atom. The van der Waals surface area contributed by atoms with Crippen LogP contribution in [0.2, 0.25) is 0 Å².